The highest BCUT2D eigenvalue weighted by Gasteiger charge is 2.19. The van der Waals surface area contributed by atoms with E-state index in [2.05, 4.69) is 31.2 Å². The molecule has 2 rings (SSSR count). The van der Waals surface area contributed by atoms with E-state index in [4.69, 9.17) is 0 Å². The van der Waals surface area contributed by atoms with Crippen LogP contribution < -0.4 is 0 Å². The van der Waals surface area contributed by atoms with E-state index >= 15 is 0 Å². The number of hydrogen-bond acceptors (Lipinski definition) is 2. The van der Waals surface area contributed by atoms with Gasteiger partial charge < -0.3 is 10.0 Å². The molecule has 1 unspecified atom stereocenters. The average molecular weight is 325 g/mol. The predicted octanol–water partition coefficient (Wildman–Crippen LogP) is 3.63. The number of hydrogen-bond donors (Lipinski definition) is 1. The Morgan fingerprint density at radius 2 is 1.62 bits per heavy atom. The molecule has 0 radical (unpaired) electrons. The Bertz CT molecular complexity index is 598. The highest BCUT2D eigenvalue weighted by molar-refractivity contribution is 5.77. The zero-order valence-corrected chi connectivity index (χ0v) is 14.4. The summed E-state index contributed by atoms with van der Waals surface area (Å²) in [6, 6.07) is 20.4. The van der Waals surface area contributed by atoms with Crippen LogP contribution in [0.25, 0.3) is 0 Å². The van der Waals surface area contributed by atoms with E-state index in [9.17, 15) is 9.90 Å². The second-order valence-corrected chi connectivity index (χ2v) is 6.06. The minimum Gasteiger partial charge on any atom is -0.395 e. The molecule has 1 amide bonds. The number of benzene rings is 2. The third kappa shape index (κ3) is 5.50. The second kappa shape index (κ2) is 9.89. The van der Waals surface area contributed by atoms with Crippen LogP contribution in [0.4, 0.5) is 0 Å². The number of nitrogens with zero attached hydrogens (tertiary/aromatic N) is 1. The predicted molar refractivity (Wildman–Crippen MR) is 97.9 cm³/mol. The smallest absolute Gasteiger partial charge is 0.223 e. The molecule has 2 aromatic carbocycles. The molecule has 0 heterocycles. The number of carbonyl (C=O) groups excluding carboxylic acids is 1. The maximum Gasteiger partial charge on any atom is 0.223 e. The first-order chi connectivity index (χ1) is 11.7. The summed E-state index contributed by atoms with van der Waals surface area (Å²) in [5.41, 5.74) is 2.42. The summed E-state index contributed by atoms with van der Waals surface area (Å²) in [4.78, 5) is 14.5. The zero-order chi connectivity index (χ0) is 17.2. The Labute approximate surface area is 144 Å². The van der Waals surface area contributed by atoms with Crippen molar-refractivity contribution < 1.29 is 9.90 Å². The van der Waals surface area contributed by atoms with Crippen LogP contribution in [0.2, 0.25) is 0 Å². The fourth-order valence-corrected chi connectivity index (χ4v) is 2.95. The van der Waals surface area contributed by atoms with Crippen molar-refractivity contribution in [3.05, 3.63) is 71.8 Å². The van der Waals surface area contributed by atoms with Gasteiger partial charge in [-0.15, -0.1) is 0 Å². The highest BCUT2D eigenvalue weighted by Crippen LogP contribution is 2.24. The molecule has 128 valence electrons. The molecule has 3 heteroatoms. The van der Waals surface area contributed by atoms with Crippen molar-refractivity contribution in [3.8, 4) is 0 Å². The first-order valence-corrected chi connectivity index (χ1v) is 8.72. The van der Waals surface area contributed by atoms with Crippen LogP contribution in [0, 0.1) is 0 Å². The Kier molecular flexibility index (Phi) is 7.50. The summed E-state index contributed by atoms with van der Waals surface area (Å²) in [6.07, 6.45) is 2.24. The van der Waals surface area contributed by atoms with E-state index in [-0.39, 0.29) is 18.4 Å². The van der Waals surface area contributed by atoms with Crippen LogP contribution in [-0.2, 0) is 11.2 Å². The molecule has 3 nitrogen and oxygen atoms in total. The molecular formula is C21H27NO2. The largest absolute Gasteiger partial charge is 0.395 e. The normalized spacial score (nSPS) is 11.9. The SMILES string of the molecule is CCC(CC(=O)N(CCO)CCc1ccccc1)c1ccccc1. The summed E-state index contributed by atoms with van der Waals surface area (Å²) < 4.78 is 0. The lowest BCUT2D eigenvalue weighted by molar-refractivity contribution is -0.132. The molecule has 0 aliphatic heterocycles. The lowest BCUT2D eigenvalue weighted by atomic mass is 9.92. The van der Waals surface area contributed by atoms with Gasteiger partial charge in [0.25, 0.3) is 0 Å². The van der Waals surface area contributed by atoms with E-state index in [0.717, 1.165) is 12.8 Å². The minimum atomic E-state index is 0.00264. The number of rotatable bonds is 9. The molecule has 1 N–H and O–H groups in total. The van der Waals surface area contributed by atoms with E-state index in [0.29, 0.717) is 19.5 Å². The van der Waals surface area contributed by atoms with Crippen LogP contribution in [0.15, 0.2) is 60.7 Å². The molecule has 0 saturated heterocycles. The van der Waals surface area contributed by atoms with Gasteiger partial charge in [0.05, 0.1) is 6.61 Å². The van der Waals surface area contributed by atoms with Crippen molar-refractivity contribution in [2.45, 2.75) is 32.1 Å². The van der Waals surface area contributed by atoms with Gasteiger partial charge in [0.2, 0.25) is 5.91 Å². The molecule has 0 aliphatic carbocycles. The second-order valence-electron chi connectivity index (χ2n) is 6.06. The molecule has 0 aliphatic rings. The van der Waals surface area contributed by atoms with Crippen molar-refractivity contribution in [1.29, 1.82) is 0 Å². The first kappa shape index (κ1) is 18.2. The fraction of sp³-hybridized carbons (Fsp3) is 0.381. The minimum absolute atomic E-state index is 0.00264. The summed E-state index contributed by atoms with van der Waals surface area (Å²) in [5, 5.41) is 9.30. The summed E-state index contributed by atoms with van der Waals surface area (Å²) >= 11 is 0. The van der Waals surface area contributed by atoms with Crippen LogP contribution >= 0.6 is 0 Å². The number of carbonyl (C=O) groups is 1. The van der Waals surface area contributed by atoms with Gasteiger partial charge in [0.1, 0.15) is 0 Å². The fourth-order valence-electron chi connectivity index (χ4n) is 2.95. The topological polar surface area (TPSA) is 40.5 Å². The third-order valence-electron chi connectivity index (χ3n) is 4.42. The van der Waals surface area contributed by atoms with Crippen molar-refractivity contribution in [3.63, 3.8) is 0 Å². The summed E-state index contributed by atoms with van der Waals surface area (Å²) in [5.74, 6) is 0.354. The summed E-state index contributed by atoms with van der Waals surface area (Å²) in [7, 11) is 0. The van der Waals surface area contributed by atoms with Crippen LogP contribution in [-0.4, -0.2) is 35.6 Å². The van der Waals surface area contributed by atoms with Gasteiger partial charge in [0.15, 0.2) is 0 Å². The van der Waals surface area contributed by atoms with Gasteiger partial charge >= 0.3 is 0 Å². The lowest BCUT2D eigenvalue weighted by Crippen LogP contribution is -2.36. The average Bonchev–Trinajstić information content (AvgIpc) is 2.64. The van der Waals surface area contributed by atoms with Crippen molar-refractivity contribution in [1.82, 2.24) is 4.90 Å². The van der Waals surface area contributed by atoms with Crippen molar-refractivity contribution in [2.24, 2.45) is 0 Å². The Morgan fingerprint density at radius 3 is 2.21 bits per heavy atom. The molecule has 0 fully saturated rings. The van der Waals surface area contributed by atoms with Gasteiger partial charge in [-0.1, -0.05) is 67.6 Å². The Balaban J connectivity index is 1.97. The van der Waals surface area contributed by atoms with Crippen LogP contribution in [0.5, 0.6) is 0 Å². The van der Waals surface area contributed by atoms with E-state index in [1.807, 2.05) is 36.4 Å². The van der Waals surface area contributed by atoms with Gasteiger partial charge in [-0.2, -0.15) is 0 Å². The van der Waals surface area contributed by atoms with Gasteiger partial charge in [-0.25, -0.2) is 0 Å². The number of aliphatic hydroxyl groups is 1. The molecule has 0 aromatic heterocycles. The highest BCUT2D eigenvalue weighted by atomic mass is 16.3. The maximum atomic E-state index is 12.7. The Morgan fingerprint density at radius 1 is 1.00 bits per heavy atom. The van der Waals surface area contributed by atoms with Gasteiger partial charge in [0, 0.05) is 19.5 Å². The third-order valence-corrected chi connectivity index (χ3v) is 4.42. The zero-order valence-electron chi connectivity index (χ0n) is 14.4. The number of amides is 1. The van der Waals surface area contributed by atoms with Gasteiger partial charge in [-0.05, 0) is 29.9 Å². The first-order valence-electron chi connectivity index (χ1n) is 8.72. The van der Waals surface area contributed by atoms with Crippen LogP contribution in [0.1, 0.15) is 36.8 Å². The van der Waals surface area contributed by atoms with E-state index < -0.39 is 0 Å². The summed E-state index contributed by atoms with van der Waals surface area (Å²) in [6.45, 7) is 3.17. The van der Waals surface area contributed by atoms with Crippen molar-refractivity contribution >= 4 is 5.91 Å². The quantitative estimate of drug-likeness (QED) is 0.765. The van der Waals surface area contributed by atoms with Crippen molar-refractivity contribution in [2.75, 3.05) is 19.7 Å². The van der Waals surface area contributed by atoms with E-state index in [1.54, 1.807) is 4.90 Å². The molecule has 24 heavy (non-hydrogen) atoms. The molecule has 2 aromatic rings. The van der Waals surface area contributed by atoms with E-state index in [1.165, 1.54) is 11.1 Å². The maximum absolute atomic E-state index is 12.7. The van der Waals surface area contributed by atoms with Crippen LogP contribution in [0.3, 0.4) is 0 Å². The molecule has 0 bridgehead atoms. The lowest BCUT2D eigenvalue weighted by Gasteiger charge is -2.24. The molecule has 0 spiro atoms. The Hall–Kier alpha value is -2.13. The molecular weight excluding hydrogens is 298 g/mol. The number of aliphatic hydroxyl groups excluding tert-OH is 1. The molecule has 0 saturated carbocycles. The van der Waals surface area contributed by atoms with Gasteiger partial charge in [-0.3, -0.25) is 4.79 Å². The monoisotopic (exact) mass is 325 g/mol. The molecule has 1 atom stereocenters. The standard InChI is InChI=1S/C21H27NO2/c1-2-19(20-11-7-4-8-12-20)17-21(24)22(15-16-23)14-13-18-9-5-3-6-10-18/h3-12,19,23H,2,13-17H2,1H3.